The number of nitrogens with zero attached hydrogens (tertiary/aromatic N) is 2. The number of hydrogen-bond acceptors (Lipinski definition) is 3. The van der Waals surface area contributed by atoms with Gasteiger partial charge in [-0.2, -0.15) is 0 Å². The number of carbonyl (C=O) groups is 2. The van der Waals surface area contributed by atoms with Crippen LogP contribution in [0.2, 0.25) is 5.02 Å². The van der Waals surface area contributed by atoms with Gasteiger partial charge in [-0.1, -0.05) is 17.7 Å². The Morgan fingerprint density at radius 3 is 2.56 bits per heavy atom. The zero-order valence-corrected chi connectivity index (χ0v) is 14.2. The van der Waals surface area contributed by atoms with E-state index in [0.29, 0.717) is 16.5 Å². The molecule has 1 heterocycles. The molecule has 2 aromatic carbocycles. The molecule has 0 aliphatic carbocycles. The van der Waals surface area contributed by atoms with E-state index >= 15 is 0 Å². The number of carbonyl (C=O) groups excluding carboxylic acids is 2. The summed E-state index contributed by atoms with van der Waals surface area (Å²) < 4.78 is 18.6. The van der Waals surface area contributed by atoms with Crippen molar-refractivity contribution in [3.05, 3.63) is 59.4 Å². The normalized spacial score (nSPS) is 17.3. The van der Waals surface area contributed by atoms with Gasteiger partial charge in [-0.05, 0) is 49.4 Å². The maximum Gasteiger partial charge on any atom is 0.332 e. The highest BCUT2D eigenvalue weighted by molar-refractivity contribution is 6.30. The first kappa shape index (κ1) is 17.2. The maximum absolute atomic E-state index is 13.1. The van der Waals surface area contributed by atoms with Crippen LogP contribution in [0.25, 0.3) is 0 Å². The lowest BCUT2D eigenvalue weighted by atomic mass is 10.2. The van der Waals surface area contributed by atoms with E-state index in [1.165, 1.54) is 29.2 Å². The highest BCUT2D eigenvalue weighted by atomic mass is 35.5. The molecule has 3 amide bonds. The van der Waals surface area contributed by atoms with Gasteiger partial charge in [0, 0.05) is 10.7 Å². The first-order valence-corrected chi connectivity index (χ1v) is 8.13. The van der Waals surface area contributed by atoms with Gasteiger partial charge in [-0.3, -0.25) is 14.6 Å². The zero-order chi connectivity index (χ0) is 18.0. The maximum atomic E-state index is 13.1. The number of urea groups is 1. The predicted octanol–water partition coefficient (Wildman–Crippen LogP) is 3.72. The molecule has 25 heavy (non-hydrogen) atoms. The minimum absolute atomic E-state index is 0.117. The number of anilines is 1. The number of imide groups is 1. The fourth-order valence-electron chi connectivity index (χ4n) is 2.68. The van der Waals surface area contributed by atoms with Crippen LogP contribution in [0.3, 0.4) is 0 Å². The van der Waals surface area contributed by atoms with Crippen molar-refractivity contribution in [3.8, 4) is 5.75 Å². The van der Waals surface area contributed by atoms with Gasteiger partial charge in [0.2, 0.25) is 0 Å². The van der Waals surface area contributed by atoms with Crippen molar-refractivity contribution in [1.29, 1.82) is 0 Å². The molecular formula is C18H16ClFN2O3. The van der Waals surface area contributed by atoms with Gasteiger partial charge < -0.3 is 4.74 Å². The molecule has 0 bridgehead atoms. The third-order valence-corrected chi connectivity index (χ3v) is 4.17. The highest BCUT2D eigenvalue weighted by Gasteiger charge is 2.43. The van der Waals surface area contributed by atoms with E-state index in [4.69, 9.17) is 16.3 Å². The van der Waals surface area contributed by atoms with E-state index in [2.05, 4.69) is 0 Å². The molecule has 0 spiro atoms. The molecule has 1 fully saturated rings. The van der Waals surface area contributed by atoms with Gasteiger partial charge in [0.25, 0.3) is 5.91 Å². The molecule has 0 N–H and O–H groups in total. The second-order valence-electron chi connectivity index (χ2n) is 5.60. The van der Waals surface area contributed by atoms with Crippen LogP contribution in [0.5, 0.6) is 5.75 Å². The molecule has 0 saturated carbocycles. The van der Waals surface area contributed by atoms with Gasteiger partial charge in [-0.25, -0.2) is 9.18 Å². The number of halogens is 2. The van der Waals surface area contributed by atoms with Crippen LogP contribution in [0.1, 0.15) is 6.92 Å². The smallest absolute Gasteiger partial charge is 0.332 e. The molecular weight excluding hydrogens is 347 g/mol. The molecule has 5 nitrogen and oxygen atoms in total. The van der Waals surface area contributed by atoms with E-state index in [0.717, 1.165) is 4.90 Å². The number of rotatable bonds is 5. The lowest BCUT2D eigenvalue weighted by Crippen LogP contribution is -2.36. The molecule has 0 radical (unpaired) electrons. The van der Waals surface area contributed by atoms with Crippen molar-refractivity contribution in [3.63, 3.8) is 0 Å². The van der Waals surface area contributed by atoms with Crippen LogP contribution < -0.4 is 9.64 Å². The summed E-state index contributed by atoms with van der Waals surface area (Å²) in [5.74, 6) is -0.153. The quantitative estimate of drug-likeness (QED) is 0.762. The second kappa shape index (κ2) is 7.11. The summed E-state index contributed by atoms with van der Waals surface area (Å²) >= 11 is 5.88. The first-order chi connectivity index (χ1) is 12.0. The van der Waals surface area contributed by atoms with Gasteiger partial charge >= 0.3 is 6.03 Å². The van der Waals surface area contributed by atoms with Gasteiger partial charge in [0.1, 0.15) is 24.2 Å². The fourth-order valence-corrected chi connectivity index (χ4v) is 2.86. The standard InChI is InChI=1S/C18H16ClFN2O3/c1-12-17(23)21(9-10-25-16-4-2-3-13(19)11-16)18(24)22(12)15-7-5-14(20)6-8-15/h2-8,11-12H,9-10H2,1H3. The third kappa shape index (κ3) is 3.58. The zero-order valence-electron chi connectivity index (χ0n) is 13.5. The summed E-state index contributed by atoms with van der Waals surface area (Å²) in [6, 6.07) is 11.2. The number of ether oxygens (including phenoxy) is 1. The average Bonchev–Trinajstić information content (AvgIpc) is 2.79. The van der Waals surface area contributed by atoms with Crippen molar-refractivity contribution in [2.24, 2.45) is 0 Å². The predicted molar refractivity (Wildman–Crippen MR) is 92.4 cm³/mol. The monoisotopic (exact) mass is 362 g/mol. The Morgan fingerprint density at radius 2 is 1.88 bits per heavy atom. The van der Waals surface area contributed by atoms with Crippen LogP contribution >= 0.6 is 11.6 Å². The number of hydrogen-bond donors (Lipinski definition) is 0. The molecule has 2 aromatic rings. The molecule has 1 atom stereocenters. The second-order valence-corrected chi connectivity index (χ2v) is 6.04. The lowest BCUT2D eigenvalue weighted by molar-refractivity contribution is -0.127. The van der Waals surface area contributed by atoms with Crippen molar-refractivity contribution in [2.45, 2.75) is 13.0 Å². The Bertz CT molecular complexity index is 797. The lowest BCUT2D eigenvalue weighted by Gasteiger charge is -2.19. The van der Waals surface area contributed by atoms with E-state index in [-0.39, 0.29) is 19.1 Å². The summed E-state index contributed by atoms with van der Waals surface area (Å²) in [6.45, 7) is 1.91. The minimum Gasteiger partial charge on any atom is -0.492 e. The molecule has 3 rings (SSSR count). The van der Waals surface area contributed by atoms with Crippen LogP contribution in [-0.2, 0) is 4.79 Å². The molecule has 1 aliphatic rings. The van der Waals surface area contributed by atoms with Crippen molar-refractivity contribution >= 4 is 29.2 Å². The van der Waals surface area contributed by atoms with Crippen molar-refractivity contribution < 1.29 is 18.7 Å². The largest absolute Gasteiger partial charge is 0.492 e. The summed E-state index contributed by atoms with van der Waals surface area (Å²) in [6.07, 6.45) is 0. The molecule has 1 saturated heterocycles. The van der Waals surface area contributed by atoms with E-state index < -0.39 is 17.9 Å². The summed E-state index contributed by atoms with van der Waals surface area (Å²) in [4.78, 5) is 27.4. The van der Waals surface area contributed by atoms with E-state index in [9.17, 15) is 14.0 Å². The highest BCUT2D eigenvalue weighted by Crippen LogP contribution is 2.26. The Labute approximate surface area is 149 Å². The van der Waals surface area contributed by atoms with E-state index in [1.54, 1.807) is 31.2 Å². The summed E-state index contributed by atoms with van der Waals surface area (Å²) in [5.41, 5.74) is 0.477. The summed E-state index contributed by atoms with van der Waals surface area (Å²) in [5, 5.41) is 0.543. The van der Waals surface area contributed by atoms with Gasteiger partial charge in [0.15, 0.2) is 0 Å². The Hall–Kier alpha value is -2.60. The molecule has 130 valence electrons. The Kier molecular flexibility index (Phi) is 4.90. The minimum atomic E-state index is -0.649. The molecule has 7 heteroatoms. The SMILES string of the molecule is CC1C(=O)N(CCOc2cccc(Cl)c2)C(=O)N1c1ccc(F)cc1. The summed E-state index contributed by atoms with van der Waals surface area (Å²) in [7, 11) is 0. The van der Waals surface area contributed by atoms with Crippen LogP contribution in [-0.4, -0.2) is 36.0 Å². The fraction of sp³-hybridized carbons (Fsp3) is 0.222. The molecule has 1 aliphatic heterocycles. The number of amides is 3. The van der Waals surface area contributed by atoms with Crippen LogP contribution in [0.4, 0.5) is 14.9 Å². The molecule has 1 unspecified atom stereocenters. The van der Waals surface area contributed by atoms with Gasteiger partial charge in [0.05, 0.1) is 6.54 Å². The van der Waals surface area contributed by atoms with Crippen molar-refractivity contribution in [1.82, 2.24) is 4.90 Å². The number of benzene rings is 2. The average molecular weight is 363 g/mol. The Balaban J connectivity index is 1.67. The van der Waals surface area contributed by atoms with E-state index in [1.807, 2.05) is 0 Å². The van der Waals surface area contributed by atoms with Crippen LogP contribution in [0.15, 0.2) is 48.5 Å². The topological polar surface area (TPSA) is 49.9 Å². The van der Waals surface area contributed by atoms with Crippen LogP contribution in [0, 0.1) is 5.82 Å². The molecule has 0 aromatic heterocycles. The first-order valence-electron chi connectivity index (χ1n) is 7.76. The third-order valence-electron chi connectivity index (χ3n) is 3.93. The van der Waals surface area contributed by atoms with Gasteiger partial charge in [-0.15, -0.1) is 0 Å². The van der Waals surface area contributed by atoms with Crippen molar-refractivity contribution in [2.75, 3.05) is 18.1 Å². The Morgan fingerprint density at radius 1 is 1.16 bits per heavy atom.